The lowest BCUT2D eigenvalue weighted by molar-refractivity contribution is -0.136. The first-order chi connectivity index (χ1) is 23.1. The summed E-state index contributed by atoms with van der Waals surface area (Å²) in [4.78, 5) is 58.1. The maximum absolute atomic E-state index is 13.5. The number of nitrogens with one attached hydrogen (secondary N) is 3. The van der Waals surface area contributed by atoms with Gasteiger partial charge in [0, 0.05) is 30.1 Å². The molecule has 2 aliphatic rings. The normalized spacial score (nSPS) is 16.9. The van der Waals surface area contributed by atoms with Crippen LogP contribution in [0.25, 0.3) is 22.3 Å². The zero-order valence-corrected chi connectivity index (χ0v) is 34.2. The summed E-state index contributed by atoms with van der Waals surface area (Å²) in [7, 11) is 1.29. The van der Waals surface area contributed by atoms with Crippen molar-refractivity contribution in [3.8, 4) is 23.1 Å². The van der Waals surface area contributed by atoms with E-state index in [2.05, 4.69) is 32.1 Å². The number of alkyl carbamates (subject to hydrolysis) is 1. The third kappa shape index (κ3) is 9.63. The summed E-state index contributed by atoms with van der Waals surface area (Å²) in [5, 5.41) is 2.69. The first kappa shape index (κ1) is 44.5. The van der Waals surface area contributed by atoms with Gasteiger partial charge in [-0.1, -0.05) is 51.7 Å². The molecular formula is C37H51N7O4S4. The van der Waals surface area contributed by atoms with Crippen molar-refractivity contribution in [2.45, 2.75) is 71.5 Å². The Kier molecular flexibility index (Phi) is 16.6. The number of methoxy groups -OCH3 is 1. The van der Waals surface area contributed by atoms with Crippen LogP contribution in [0.4, 0.5) is 4.79 Å². The van der Waals surface area contributed by atoms with Gasteiger partial charge in [-0.2, -0.15) is 54.0 Å². The SMILES string of the molecule is COC(=O)N[C@H](C(=O)N1CCC[C@H]1c1ncc(-c2ccc(C#Cc3ccc4nc([C@@H]5CCCN5C(=O)C(C)C)[nH]c4c3)cc2)[nH]1)C(C)C.S.S.S.S. The molecule has 0 saturated carbocycles. The molecule has 4 aromatic rings. The van der Waals surface area contributed by atoms with Crippen LogP contribution in [0.2, 0.25) is 0 Å². The van der Waals surface area contributed by atoms with E-state index in [1.807, 2.05) is 75.1 Å². The smallest absolute Gasteiger partial charge is 0.407 e. The number of fused-ring (bicyclic) bond motifs is 1. The highest BCUT2D eigenvalue weighted by molar-refractivity contribution is 7.59. The summed E-state index contributed by atoms with van der Waals surface area (Å²) in [5.41, 5.74) is 5.35. The van der Waals surface area contributed by atoms with Crippen molar-refractivity contribution in [2.24, 2.45) is 11.8 Å². The van der Waals surface area contributed by atoms with Gasteiger partial charge in [0.1, 0.15) is 17.7 Å². The standard InChI is InChI=1S/C37H43N7O4.4H2S/c1-22(2)32(42-37(47)48-5)36(46)44-19-6-8-30(44)33-38-21-29(41-33)26-15-12-24(13-16-26)10-11-25-14-17-27-28(20-25)40-34(39-27)31-9-7-18-43(31)35(45)23(3)4;;;;/h12-17,20-23,30-32H,6-9,18-19H2,1-5H3,(H,38,41)(H,39,40)(H,42,47);4*1H2/t30-,31-,32-;;;;/m0..../s1. The number of nitrogens with zero attached hydrogens (tertiary/aromatic N) is 4. The lowest BCUT2D eigenvalue weighted by Crippen LogP contribution is -2.51. The van der Waals surface area contributed by atoms with Crippen molar-refractivity contribution >= 4 is 82.9 Å². The first-order valence-corrected chi connectivity index (χ1v) is 16.8. The van der Waals surface area contributed by atoms with Crippen LogP contribution in [0, 0.1) is 23.7 Å². The monoisotopic (exact) mass is 785 g/mol. The van der Waals surface area contributed by atoms with Crippen molar-refractivity contribution in [3.63, 3.8) is 0 Å². The van der Waals surface area contributed by atoms with Crippen LogP contribution in [0.3, 0.4) is 0 Å². The first-order valence-electron chi connectivity index (χ1n) is 16.8. The fraction of sp³-hybridized carbons (Fsp3) is 0.432. The van der Waals surface area contributed by atoms with E-state index in [1.54, 1.807) is 11.1 Å². The van der Waals surface area contributed by atoms with Gasteiger partial charge in [-0.25, -0.2) is 14.8 Å². The molecule has 0 aliphatic carbocycles. The second-order valence-corrected chi connectivity index (χ2v) is 13.3. The number of amides is 3. The van der Waals surface area contributed by atoms with Gasteiger partial charge < -0.3 is 29.8 Å². The van der Waals surface area contributed by atoms with Crippen LogP contribution in [-0.2, 0) is 14.3 Å². The second-order valence-electron chi connectivity index (χ2n) is 13.3. The molecule has 2 aliphatic heterocycles. The molecule has 6 rings (SSSR count). The van der Waals surface area contributed by atoms with Crippen LogP contribution in [-0.4, -0.2) is 73.9 Å². The van der Waals surface area contributed by atoms with E-state index in [1.165, 1.54) is 7.11 Å². The van der Waals surface area contributed by atoms with E-state index in [9.17, 15) is 14.4 Å². The molecule has 2 fully saturated rings. The number of aromatic nitrogens is 4. The number of hydrogen-bond acceptors (Lipinski definition) is 6. The number of likely N-dealkylation sites (tertiary alicyclic amines) is 2. The van der Waals surface area contributed by atoms with E-state index in [4.69, 9.17) is 9.72 Å². The number of hydrogen-bond donors (Lipinski definition) is 3. The summed E-state index contributed by atoms with van der Waals surface area (Å²) in [5.74, 6) is 7.99. The highest BCUT2D eigenvalue weighted by atomic mass is 32.1. The summed E-state index contributed by atoms with van der Waals surface area (Å²) in [6.07, 6.45) is 4.71. The number of ether oxygens (including phenoxy) is 1. The Balaban J connectivity index is 0.00000234. The van der Waals surface area contributed by atoms with Gasteiger partial charge in [-0.3, -0.25) is 9.59 Å². The molecule has 3 N–H and O–H groups in total. The van der Waals surface area contributed by atoms with Crippen LogP contribution in [0.15, 0.2) is 48.7 Å². The highest BCUT2D eigenvalue weighted by Gasteiger charge is 2.37. The zero-order valence-electron chi connectivity index (χ0n) is 30.2. The molecule has 11 nitrogen and oxygen atoms in total. The molecule has 52 heavy (non-hydrogen) atoms. The lowest BCUT2D eigenvalue weighted by atomic mass is 10.0. The molecule has 0 bridgehead atoms. The minimum Gasteiger partial charge on any atom is -0.453 e. The van der Waals surface area contributed by atoms with E-state index >= 15 is 0 Å². The average molecular weight is 786 g/mol. The molecule has 3 atom stereocenters. The van der Waals surface area contributed by atoms with Crippen molar-refractivity contribution < 1.29 is 19.1 Å². The number of aromatic amines is 2. The lowest BCUT2D eigenvalue weighted by Gasteiger charge is -2.30. The molecule has 0 spiro atoms. The molecule has 2 aromatic heterocycles. The zero-order chi connectivity index (χ0) is 33.9. The molecule has 0 radical (unpaired) electrons. The highest BCUT2D eigenvalue weighted by Crippen LogP contribution is 2.34. The fourth-order valence-corrected chi connectivity index (χ4v) is 6.63. The third-order valence-corrected chi connectivity index (χ3v) is 9.23. The number of carbonyl (C=O) groups excluding carboxylic acids is 3. The quantitative estimate of drug-likeness (QED) is 0.192. The van der Waals surface area contributed by atoms with Crippen LogP contribution >= 0.6 is 54.0 Å². The number of benzene rings is 2. The van der Waals surface area contributed by atoms with E-state index < -0.39 is 12.1 Å². The molecular weight excluding hydrogens is 735 g/mol. The maximum atomic E-state index is 13.5. The van der Waals surface area contributed by atoms with Gasteiger partial charge in [0.05, 0.1) is 42.1 Å². The molecule has 15 heteroatoms. The molecule has 4 heterocycles. The predicted octanol–water partition coefficient (Wildman–Crippen LogP) is 6.17. The fourth-order valence-electron chi connectivity index (χ4n) is 6.63. The van der Waals surface area contributed by atoms with E-state index in [0.29, 0.717) is 6.54 Å². The minimum absolute atomic E-state index is 0. The van der Waals surface area contributed by atoms with Crippen molar-refractivity contribution in [1.29, 1.82) is 0 Å². The van der Waals surface area contributed by atoms with Gasteiger partial charge in [0.15, 0.2) is 0 Å². The summed E-state index contributed by atoms with van der Waals surface area (Å²) in [6.45, 7) is 9.06. The molecule has 2 aromatic carbocycles. The Hall–Kier alpha value is -3.71. The Morgan fingerprint density at radius 2 is 1.42 bits per heavy atom. The molecule has 282 valence electrons. The van der Waals surface area contributed by atoms with E-state index in [-0.39, 0.29) is 89.7 Å². The van der Waals surface area contributed by atoms with Gasteiger partial charge in [0.25, 0.3) is 0 Å². The second kappa shape index (κ2) is 19.4. The number of carbonyl (C=O) groups is 3. The summed E-state index contributed by atoms with van der Waals surface area (Å²) < 4.78 is 4.74. The predicted molar refractivity (Wildman–Crippen MR) is 224 cm³/mol. The average Bonchev–Trinajstić information content (AvgIpc) is 3.91. The van der Waals surface area contributed by atoms with E-state index in [0.717, 1.165) is 77.3 Å². The number of rotatable bonds is 7. The Labute approximate surface area is 333 Å². The molecule has 0 unspecified atom stereocenters. The Bertz CT molecular complexity index is 1880. The maximum Gasteiger partial charge on any atom is 0.407 e. The van der Waals surface area contributed by atoms with Crippen molar-refractivity contribution in [3.05, 3.63) is 71.4 Å². The van der Waals surface area contributed by atoms with Crippen molar-refractivity contribution in [1.82, 2.24) is 35.1 Å². The summed E-state index contributed by atoms with van der Waals surface area (Å²) >= 11 is 0. The van der Waals surface area contributed by atoms with Crippen LogP contribution in [0.5, 0.6) is 0 Å². The van der Waals surface area contributed by atoms with Gasteiger partial charge in [-0.05, 0) is 67.5 Å². The van der Waals surface area contributed by atoms with Crippen molar-refractivity contribution in [2.75, 3.05) is 20.2 Å². The minimum atomic E-state index is -0.676. The number of imidazole rings is 2. The van der Waals surface area contributed by atoms with Gasteiger partial charge in [0.2, 0.25) is 11.8 Å². The van der Waals surface area contributed by atoms with Crippen LogP contribution < -0.4 is 5.32 Å². The topological polar surface area (TPSA) is 136 Å². The number of H-pyrrole nitrogens is 2. The Morgan fingerprint density at radius 3 is 2.04 bits per heavy atom. The summed E-state index contributed by atoms with van der Waals surface area (Å²) in [6, 6.07) is 13.0. The molecule has 2 saturated heterocycles. The molecule has 3 amide bonds. The third-order valence-electron chi connectivity index (χ3n) is 9.23. The van der Waals surface area contributed by atoms with Gasteiger partial charge in [-0.15, -0.1) is 0 Å². The largest absolute Gasteiger partial charge is 0.453 e. The van der Waals surface area contributed by atoms with Crippen LogP contribution in [0.1, 0.15) is 88.2 Å². The Morgan fingerprint density at radius 1 is 0.827 bits per heavy atom. The van der Waals surface area contributed by atoms with Gasteiger partial charge >= 0.3 is 6.09 Å².